The number of H-pyrrole nitrogens is 1. The van der Waals surface area contributed by atoms with Crippen LogP contribution in [-0.2, 0) is 43.2 Å². The van der Waals surface area contributed by atoms with Crippen LogP contribution in [0.4, 0.5) is 0 Å². The zero-order valence-electron chi connectivity index (χ0n) is 49.7. The fraction of sp³-hybridized carbons (Fsp3) is 0.661. The van der Waals surface area contributed by atoms with Crippen LogP contribution >= 0.6 is 11.8 Å². The van der Waals surface area contributed by atoms with Crippen molar-refractivity contribution < 1.29 is 68.3 Å². The number of primary amides is 1. The fourth-order valence-electron chi connectivity index (χ4n) is 8.05. The van der Waals surface area contributed by atoms with Crippen molar-refractivity contribution in [2.75, 3.05) is 51.7 Å². The Morgan fingerprint density at radius 1 is 0.793 bits per heavy atom. The average Bonchev–Trinajstić information content (AvgIpc) is 4.21. The first-order valence-corrected chi connectivity index (χ1v) is 29.3. The number of thioether (sulfide) groups is 1. The number of aryl methyl sites for hydroxylation is 1. The summed E-state index contributed by atoms with van der Waals surface area (Å²) < 4.78 is 5.87. The summed E-state index contributed by atoms with van der Waals surface area (Å²) in [7, 11) is 0. The van der Waals surface area contributed by atoms with E-state index in [0.717, 1.165) is 48.6 Å². The Bertz CT molecular complexity index is 2270. The smallest absolute Gasteiger partial charge is 0.243 e. The van der Waals surface area contributed by atoms with E-state index in [9.17, 15) is 58.8 Å². The van der Waals surface area contributed by atoms with Gasteiger partial charge in [0.2, 0.25) is 47.3 Å². The number of nitrogens with one attached hydrogen (secondary N) is 10. The van der Waals surface area contributed by atoms with Crippen LogP contribution in [0.25, 0.3) is 10.9 Å². The molecule has 16 N–H and O–H groups in total. The molecular formula is C56H97N11O14S. The van der Waals surface area contributed by atoms with Crippen LogP contribution in [0.1, 0.15) is 126 Å². The summed E-state index contributed by atoms with van der Waals surface area (Å²) in [5.41, 5.74) is 6.95. The molecule has 0 radical (unpaired) electrons. The van der Waals surface area contributed by atoms with E-state index < -0.39 is 129 Å². The highest BCUT2D eigenvalue weighted by Gasteiger charge is 2.34. The number of aliphatic hydroxyl groups is 4. The van der Waals surface area contributed by atoms with Gasteiger partial charge >= 0.3 is 0 Å². The van der Waals surface area contributed by atoms with Crippen LogP contribution in [0.3, 0.4) is 0 Å². The number of hydrogen-bond acceptors (Lipinski definition) is 17. The van der Waals surface area contributed by atoms with Gasteiger partial charge in [-0.1, -0.05) is 81.6 Å². The molecule has 6 unspecified atom stereocenters. The van der Waals surface area contributed by atoms with Crippen LogP contribution in [0, 0.1) is 24.7 Å². The van der Waals surface area contributed by atoms with Gasteiger partial charge in [0, 0.05) is 55.5 Å². The number of aromatic amines is 1. The van der Waals surface area contributed by atoms with Gasteiger partial charge < -0.3 is 77.9 Å². The number of fused-ring (bicyclic) bond motifs is 1. The van der Waals surface area contributed by atoms with Gasteiger partial charge in [0.15, 0.2) is 0 Å². The van der Waals surface area contributed by atoms with Crippen LogP contribution in [0.2, 0.25) is 0 Å². The molecule has 2 aromatic rings. The third-order valence-electron chi connectivity index (χ3n) is 12.8. The number of nitrogens with two attached hydrogens (primary N) is 1. The maximum atomic E-state index is 13.6. The monoisotopic (exact) mass is 1180 g/mol. The summed E-state index contributed by atoms with van der Waals surface area (Å²) in [6.45, 7) is 19.0. The highest BCUT2D eigenvalue weighted by molar-refractivity contribution is 7.99. The maximum Gasteiger partial charge on any atom is 0.243 e. The summed E-state index contributed by atoms with van der Waals surface area (Å²) in [5, 5.41) is 65.0. The SMILES string of the molecule is C=O.CC.CC.CCC(C)C(NC(=O)CNC(=O)CNC(=O)C(NC1C[C@@H](O)CN1)[C@@H](C)C(O)CO)C(=O)NCC(=O)N[C@@H](CSc1[nH]c2cc(OC=CCCCCCCNC(=O)CC(C)C)ccc2c1C)C(=O)NC(CO)CC(N)=O. The molecule has 2 heterocycles. The molecule has 1 aromatic carbocycles. The van der Waals surface area contributed by atoms with E-state index in [1.54, 1.807) is 20.1 Å². The Morgan fingerprint density at radius 3 is 2.01 bits per heavy atom. The Hall–Kier alpha value is -6.16. The molecule has 1 fully saturated rings. The quantitative estimate of drug-likeness (QED) is 0.0255. The van der Waals surface area contributed by atoms with Gasteiger partial charge in [-0.25, -0.2) is 0 Å². The normalized spacial score (nSPS) is 16.1. The number of aliphatic hydroxyl groups excluding tert-OH is 4. The first-order chi connectivity index (χ1) is 39.1. The molecule has 3 rings (SSSR count). The van der Waals surface area contributed by atoms with Crippen molar-refractivity contribution in [1.82, 2.24) is 52.8 Å². The van der Waals surface area contributed by atoms with Gasteiger partial charge in [0.25, 0.3) is 0 Å². The van der Waals surface area contributed by atoms with E-state index in [1.807, 2.05) is 79.5 Å². The summed E-state index contributed by atoms with van der Waals surface area (Å²) in [6.07, 6.45) is 6.93. The minimum atomic E-state index is -1.26. The average molecular weight is 1180 g/mol. The number of amides is 8. The lowest BCUT2D eigenvalue weighted by Gasteiger charge is -2.29. The fourth-order valence-corrected chi connectivity index (χ4v) is 9.13. The van der Waals surface area contributed by atoms with Gasteiger partial charge in [-0.05, 0) is 61.8 Å². The number of rotatable bonds is 36. The Balaban J connectivity index is 0.0000106. The van der Waals surface area contributed by atoms with E-state index in [-0.39, 0.29) is 31.0 Å². The Labute approximate surface area is 487 Å². The molecule has 0 spiro atoms. The predicted octanol–water partition coefficient (Wildman–Crippen LogP) is 0.786. The number of ether oxygens (including phenoxy) is 1. The third-order valence-corrected chi connectivity index (χ3v) is 13.9. The molecular weight excluding hydrogens is 1080 g/mol. The van der Waals surface area contributed by atoms with Crippen molar-refractivity contribution in [2.24, 2.45) is 23.5 Å². The van der Waals surface area contributed by atoms with Crippen LogP contribution in [0.5, 0.6) is 5.75 Å². The first kappa shape index (κ1) is 75.8. The Morgan fingerprint density at radius 2 is 1.41 bits per heavy atom. The van der Waals surface area contributed by atoms with Crippen molar-refractivity contribution in [2.45, 2.75) is 175 Å². The number of β-amino-alcohol motifs (C(OH)–C–C–N with tert-alkyl or cyclic N) is 1. The molecule has 8 amide bonds. The van der Waals surface area contributed by atoms with E-state index >= 15 is 0 Å². The number of hydrogen-bond donors (Lipinski definition) is 15. The molecule has 466 valence electrons. The molecule has 25 nitrogen and oxygen atoms in total. The van der Waals surface area contributed by atoms with E-state index in [1.165, 1.54) is 18.7 Å². The molecule has 9 atom stereocenters. The van der Waals surface area contributed by atoms with Crippen molar-refractivity contribution in [3.63, 3.8) is 0 Å². The van der Waals surface area contributed by atoms with Crippen LogP contribution < -0.4 is 58.3 Å². The van der Waals surface area contributed by atoms with E-state index in [4.69, 9.17) is 15.3 Å². The standard InChI is InChI=1S/C51H83N11O13S.2C2H6.CH2O/c1-7-30(4)46(62-45(71)24-55-43(69)23-56-50(74)47(32(6)39(66)27-64)61-41-20-34(65)22-54-41)49(73)57-25-44(70)59-38(48(72)58-33(26-63)19-40(52)67)28-76-51-31(5)36-15-14-35(21-37(36)60-51)75-17-13-11-9-8-10-12-16-53-42(68)18-29(2)3;3*1-2/h13-15,17,21,29-30,32-34,38-39,41,46-47,54,60-61,63-66H,7-12,16,18-20,22-28H2,1-6H3,(H2,52,67)(H,53,68)(H,55,69)(H,56,74)(H,57,73)(H,58,72)(H,59,70)(H,62,71);2*1-2H3;1H2/t30?,32-,33?,34+,38-,39?,41?,46?,47?;;;/m0.../s1. The Kier molecular flexibility index (Phi) is 40.2. The second kappa shape index (κ2) is 43.5. The molecule has 82 heavy (non-hydrogen) atoms. The van der Waals surface area contributed by atoms with Crippen molar-refractivity contribution in [3.05, 3.63) is 36.1 Å². The maximum absolute atomic E-state index is 13.6. The summed E-state index contributed by atoms with van der Waals surface area (Å²) >= 11 is 1.23. The molecule has 1 aliphatic heterocycles. The minimum absolute atomic E-state index is 0.0277. The number of allylic oxidation sites excluding steroid dienone is 1. The predicted molar refractivity (Wildman–Crippen MR) is 316 cm³/mol. The molecule has 26 heteroatoms. The van der Waals surface area contributed by atoms with Gasteiger partial charge in [-0.15, -0.1) is 11.8 Å². The molecule has 0 bridgehead atoms. The van der Waals surface area contributed by atoms with Crippen molar-refractivity contribution in [1.29, 1.82) is 0 Å². The number of aromatic nitrogens is 1. The lowest BCUT2D eigenvalue weighted by atomic mass is 9.94. The molecule has 1 aromatic heterocycles. The van der Waals surface area contributed by atoms with Gasteiger partial charge in [0.05, 0.1) is 80.1 Å². The largest absolute Gasteiger partial charge is 0.465 e. The van der Waals surface area contributed by atoms with Crippen LogP contribution in [0.15, 0.2) is 35.6 Å². The lowest BCUT2D eigenvalue weighted by Crippen LogP contribution is -2.57. The number of carbonyl (C=O) groups excluding carboxylic acids is 9. The summed E-state index contributed by atoms with van der Waals surface area (Å²) in [4.78, 5) is 114. The van der Waals surface area contributed by atoms with Gasteiger partial charge in [-0.2, -0.15) is 0 Å². The van der Waals surface area contributed by atoms with Gasteiger partial charge in [0.1, 0.15) is 24.6 Å². The number of unbranched alkanes of at least 4 members (excludes halogenated alkanes) is 4. The molecule has 1 aliphatic rings. The number of carbonyl (C=O) groups is 9. The van der Waals surface area contributed by atoms with Crippen LogP contribution in [-0.4, -0.2) is 174 Å². The highest BCUT2D eigenvalue weighted by atomic mass is 32.2. The zero-order valence-corrected chi connectivity index (χ0v) is 50.6. The van der Waals surface area contributed by atoms with Crippen molar-refractivity contribution in [3.8, 4) is 5.75 Å². The second-order valence-corrected chi connectivity index (χ2v) is 20.7. The second-order valence-electron chi connectivity index (χ2n) is 19.7. The summed E-state index contributed by atoms with van der Waals surface area (Å²) in [6, 6.07) is 1.09. The molecule has 0 aliphatic carbocycles. The highest BCUT2D eigenvalue weighted by Crippen LogP contribution is 2.32. The van der Waals surface area contributed by atoms with Gasteiger partial charge in [-0.3, -0.25) is 49.0 Å². The minimum Gasteiger partial charge on any atom is -0.465 e. The number of benzene rings is 1. The summed E-state index contributed by atoms with van der Waals surface area (Å²) in [5.74, 6) is -5.39. The first-order valence-electron chi connectivity index (χ1n) is 28.3. The van der Waals surface area contributed by atoms with E-state index in [2.05, 4.69) is 52.8 Å². The topological polar surface area (TPSA) is 394 Å². The lowest BCUT2D eigenvalue weighted by molar-refractivity contribution is -0.133. The van der Waals surface area contributed by atoms with E-state index in [0.29, 0.717) is 36.1 Å². The molecule has 1 saturated heterocycles. The molecule has 0 saturated carbocycles. The third kappa shape index (κ3) is 29.7. The zero-order chi connectivity index (χ0) is 62.3. The van der Waals surface area contributed by atoms with Crippen molar-refractivity contribution >= 4 is 76.7 Å².